The SMILES string of the molecule is CC1CC(C)N(c2cc(N)cc(S(N)(=O)=O)c2)C1. The molecule has 1 aliphatic heterocycles. The van der Waals surface area contributed by atoms with Gasteiger partial charge in [-0.3, -0.25) is 0 Å². The van der Waals surface area contributed by atoms with Crippen molar-refractivity contribution in [1.82, 2.24) is 0 Å². The van der Waals surface area contributed by atoms with Crippen molar-refractivity contribution in [1.29, 1.82) is 0 Å². The Balaban J connectivity index is 2.43. The van der Waals surface area contributed by atoms with E-state index in [1.807, 2.05) is 0 Å². The zero-order valence-corrected chi connectivity index (χ0v) is 11.4. The van der Waals surface area contributed by atoms with Crippen LogP contribution in [-0.4, -0.2) is 21.0 Å². The summed E-state index contributed by atoms with van der Waals surface area (Å²) in [4.78, 5) is 2.25. The molecule has 4 N–H and O–H groups in total. The van der Waals surface area contributed by atoms with E-state index in [-0.39, 0.29) is 4.90 Å². The lowest BCUT2D eigenvalue weighted by molar-refractivity contribution is 0.597. The number of nitrogens with zero attached hydrogens (tertiary/aromatic N) is 1. The van der Waals surface area contributed by atoms with Crippen LogP contribution < -0.4 is 15.8 Å². The van der Waals surface area contributed by atoms with Gasteiger partial charge in [0.15, 0.2) is 0 Å². The van der Waals surface area contributed by atoms with E-state index in [0.717, 1.165) is 18.7 Å². The first-order chi connectivity index (χ1) is 8.27. The van der Waals surface area contributed by atoms with E-state index in [0.29, 0.717) is 17.6 Å². The van der Waals surface area contributed by atoms with Gasteiger partial charge in [-0.25, -0.2) is 13.6 Å². The van der Waals surface area contributed by atoms with Gasteiger partial charge in [-0.15, -0.1) is 0 Å². The van der Waals surface area contributed by atoms with Crippen molar-refractivity contribution in [2.45, 2.75) is 31.2 Å². The molecule has 6 heteroatoms. The van der Waals surface area contributed by atoms with Crippen molar-refractivity contribution in [2.75, 3.05) is 17.2 Å². The first-order valence-electron chi connectivity index (χ1n) is 5.97. The largest absolute Gasteiger partial charge is 0.399 e. The van der Waals surface area contributed by atoms with Gasteiger partial charge < -0.3 is 10.6 Å². The van der Waals surface area contributed by atoms with E-state index in [1.54, 1.807) is 12.1 Å². The van der Waals surface area contributed by atoms with Crippen molar-refractivity contribution in [3.63, 3.8) is 0 Å². The third-order valence-electron chi connectivity index (χ3n) is 3.36. The third-order valence-corrected chi connectivity index (χ3v) is 4.25. The summed E-state index contributed by atoms with van der Waals surface area (Å²) in [5.41, 5.74) is 7.01. The van der Waals surface area contributed by atoms with Crippen LogP contribution in [0.2, 0.25) is 0 Å². The Labute approximate surface area is 108 Å². The second-order valence-electron chi connectivity index (χ2n) is 5.15. The molecule has 18 heavy (non-hydrogen) atoms. The number of sulfonamides is 1. The van der Waals surface area contributed by atoms with Crippen LogP contribution in [0.1, 0.15) is 20.3 Å². The van der Waals surface area contributed by atoms with Crippen LogP contribution in [0, 0.1) is 5.92 Å². The second kappa shape index (κ2) is 4.44. The molecule has 1 aliphatic rings. The highest BCUT2D eigenvalue weighted by Crippen LogP contribution is 2.31. The Kier molecular flexibility index (Phi) is 3.25. The summed E-state index contributed by atoms with van der Waals surface area (Å²) in [6.07, 6.45) is 1.10. The van der Waals surface area contributed by atoms with Gasteiger partial charge in [0.2, 0.25) is 10.0 Å². The van der Waals surface area contributed by atoms with Crippen LogP contribution >= 0.6 is 0 Å². The van der Waals surface area contributed by atoms with Crippen LogP contribution in [-0.2, 0) is 10.0 Å². The molecule has 2 atom stereocenters. The maximum absolute atomic E-state index is 11.4. The number of anilines is 2. The zero-order valence-electron chi connectivity index (χ0n) is 10.6. The van der Waals surface area contributed by atoms with Crippen molar-refractivity contribution in [3.05, 3.63) is 18.2 Å². The van der Waals surface area contributed by atoms with Gasteiger partial charge in [0.05, 0.1) is 4.90 Å². The molecule has 100 valence electrons. The Bertz CT molecular complexity index is 556. The number of nitrogen functional groups attached to an aromatic ring is 1. The third kappa shape index (κ3) is 2.59. The molecule has 2 unspecified atom stereocenters. The summed E-state index contributed by atoms with van der Waals surface area (Å²) < 4.78 is 22.8. The van der Waals surface area contributed by atoms with Gasteiger partial charge in [0, 0.05) is 24.0 Å². The molecule has 0 saturated carbocycles. The number of hydrogen-bond donors (Lipinski definition) is 2. The standard InChI is InChI=1S/C12H19N3O2S/c1-8-3-9(2)15(7-8)11-4-10(13)5-12(6-11)18(14,16)17/h4-6,8-9H,3,7,13H2,1-2H3,(H2,14,16,17). The normalized spacial score (nSPS) is 24.5. The molecular formula is C12H19N3O2S. The summed E-state index contributed by atoms with van der Waals surface area (Å²) in [6, 6.07) is 5.17. The molecule has 5 nitrogen and oxygen atoms in total. The number of rotatable bonds is 2. The molecule has 1 heterocycles. The fourth-order valence-corrected chi connectivity index (χ4v) is 3.18. The second-order valence-corrected chi connectivity index (χ2v) is 6.71. The summed E-state index contributed by atoms with van der Waals surface area (Å²) in [6.45, 7) is 5.22. The number of hydrogen-bond acceptors (Lipinski definition) is 4. The summed E-state index contributed by atoms with van der Waals surface area (Å²) in [5, 5.41) is 5.15. The topological polar surface area (TPSA) is 89.4 Å². The van der Waals surface area contributed by atoms with Gasteiger partial charge in [0.1, 0.15) is 0 Å². The Hall–Kier alpha value is -1.27. The van der Waals surface area contributed by atoms with Gasteiger partial charge >= 0.3 is 0 Å². The highest BCUT2D eigenvalue weighted by Gasteiger charge is 2.27. The monoisotopic (exact) mass is 269 g/mol. The Morgan fingerprint density at radius 2 is 1.94 bits per heavy atom. The van der Waals surface area contributed by atoms with Crippen LogP contribution in [0.5, 0.6) is 0 Å². The smallest absolute Gasteiger partial charge is 0.238 e. The number of primary sulfonamides is 1. The highest BCUT2D eigenvalue weighted by atomic mass is 32.2. The van der Waals surface area contributed by atoms with Gasteiger partial charge in [-0.1, -0.05) is 6.92 Å². The molecule has 0 bridgehead atoms. The highest BCUT2D eigenvalue weighted by molar-refractivity contribution is 7.89. The van der Waals surface area contributed by atoms with Crippen molar-refractivity contribution in [2.24, 2.45) is 11.1 Å². The lowest BCUT2D eigenvalue weighted by Crippen LogP contribution is -2.27. The minimum absolute atomic E-state index is 0.0734. The average molecular weight is 269 g/mol. The molecule has 1 aromatic rings. The molecular weight excluding hydrogens is 250 g/mol. The van der Waals surface area contributed by atoms with Crippen LogP contribution in [0.3, 0.4) is 0 Å². The minimum atomic E-state index is -3.72. The van der Waals surface area contributed by atoms with Gasteiger partial charge in [-0.2, -0.15) is 0 Å². The molecule has 1 saturated heterocycles. The Morgan fingerprint density at radius 3 is 2.44 bits per heavy atom. The van der Waals surface area contributed by atoms with E-state index in [4.69, 9.17) is 10.9 Å². The van der Waals surface area contributed by atoms with Crippen LogP contribution in [0.4, 0.5) is 11.4 Å². The van der Waals surface area contributed by atoms with E-state index < -0.39 is 10.0 Å². The number of benzene rings is 1. The van der Waals surface area contributed by atoms with Crippen molar-refractivity contribution in [3.8, 4) is 0 Å². The molecule has 0 amide bonds. The quantitative estimate of drug-likeness (QED) is 0.788. The summed E-state index contributed by atoms with van der Waals surface area (Å²) >= 11 is 0. The van der Waals surface area contributed by atoms with E-state index in [1.165, 1.54) is 6.07 Å². The predicted molar refractivity (Wildman–Crippen MR) is 72.8 cm³/mol. The van der Waals surface area contributed by atoms with E-state index >= 15 is 0 Å². The molecule has 1 aromatic carbocycles. The fraction of sp³-hybridized carbons (Fsp3) is 0.500. The molecule has 1 fully saturated rings. The Morgan fingerprint density at radius 1 is 1.28 bits per heavy atom. The van der Waals surface area contributed by atoms with E-state index in [2.05, 4.69) is 18.7 Å². The molecule has 0 aromatic heterocycles. The van der Waals surface area contributed by atoms with Gasteiger partial charge in [0.25, 0.3) is 0 Å². The maximum atomic E-state index is 11.4. The van der Waals surface area contributed by atoms with Crippen LogP contribution in [0.15, 0.2) is 23.1 Å². The first-order valence-corrected chi connectivity index (χ1v) is 7.52. The van der Waals surface area contributed by atoms with Crippen molar-refractivity contribution < 1.29 is 8.42 Å². The van der Waals surface area contributed by atoms with Crippen LogP contribution in [0.25, 0.3) is 0 Å². The lowest BCUT2D eigenvalue weighted by atomic mass is 10.1. The van der Waals surface area contributed by atoms with Gasteiger partial charge in [-0.05, 0) is 37.5 Å². The lowest BCUT2D eigenvalue weighted by Gasteiger charge is -2.24. The molecule has 0 spiro atoms. The average Bonchev–Trinajstić information content (AvgIpc) is 2.55. The summed E-state index contributed by atoms with van der Waals surface area (Å²) in [7, 11) is -3.72. The maximum Gasteiger partial charge on any atom is 0.238 e. The first kappa shape index (κ1) is 13.2. The zero-order chi connectivity index (χ0) is 13.5. The minimum Gasteiger partial charge on any atom is -0.399 e. The molecule has 2 rings (SSSR count). The fourth-order valence-electron chi connectivity index (χ4n) is 2.60. The number of nitrogens with two attached hydrogens (primary N) is 2. The summed E-state index contributed by atoms with van der Waals surface area (Å²) in [5.74, 6) is 0.597. The predicted octanol–water partition coefficient (Wildman–Crippen LogP) is 1.15. The molecule has 0 aliphatic carbocycles. The molecule has 0 radical (unpaired) electrons. The van der Waals surface area contributed by atoms with Crippen molar-refractivity contribution >= 4 is 21.4 Å². The van der Waals surface area contributed by atoms with E-state index in [9.17, 15) is 8.42 Å².